The fourth-order valence-corrected chi connectivity index (χ4v) is 1.11. The lowest BCUT2D eigenvalue weighted by atomic mass is 10.4. The molecule has 0 aromatic carbocycles. The number of hydrogen-bond donors (Lipinski definition) is 2. The second kappa shape index (κ2) is 12.3. The number of nitrogens with zero attached hydrogens (tertiary/aromatic N) is 1. The third-order valence-electron chi connectivity index (χ3n) is 1.84. The Bertz CT molecular complexity index is 167. The topological polar surface area (TPSA) is 54.9 Å². The van der Waals surface area contributed by atoms with E-state index in [1.54, 1.807) is 7.11 Å². The van der Waals surface area contributed by atoms with E-state index in [-0.39, 0.29) is 0 Å². The summed E-state index contributed by atoms with van der Waals surface area (Å²) in [4.78, 5) is 4.40. The van der Waals surface area contributed by atoms with Crippen molar-refractivity contribution in [2.45, 2.75) is 20.3 Å². The van der Waals surface area contributed by atoms with Gasteiger partial charge in [0.1, 0.15) is 0 Å². The molecule has 0 atom stereocenters. The monoisotopic (exact) mass is 231 g/mol. The summed E-state index contributed by atoms with van der Waals surface area (Å²) >= 11 is 0. The van der Waals surface area contributed by atoms with Gasteiger partial charge in [0.2, 0.25) is 0 Å². The Balaban J connectivity index is 3.46. The van der Waals surface area contributed by atoms with E-state index >= 15 is 0 Å². The van der Waals surface area contributed by atoms with Crippen molar-refractivity contribution in [3.8, 4) is 0 Å². The van der Waals surface area contributed by atoms with E-state index in [4.69, 9.17) is 9.47 Å². The van der Waals surface area contributed by atoms with E-state index < -0.39 is 0 Å². The van der Waals surface area contributed by atoms with Gasteiger partial charge in [-0.2, -0.15) is 0 Å². The minimum atomic E-state index is 0.656. The van der Waals surface area contributed by atoms with Crippen LogP contribution in [0.3, 0.4) is 0 Å². The zero-order valence-corrected chi connectivity index (χ0v) is 10.7. The first kappa shape index (κ1) is 15.2. The number of ether oxygens (including phenoxy) is 2. The van der Waals surface area contributed by atoms with Gasteiger partial charge in [-0.1, -0.05) is 0 Å². The van der Waals surface area contributed by atoms with Crippen LogP contribution in [0.4, 0.5) is 0 Å². The van der Waals surface area contributed by atoms with Crippen molar-refractivity contribution in [3.05, 3.63) is 0 Å². The summed E-state index contributed by atoms with van der Waals surface area (Å²) in [6.45, 7) is 8.71. The molecule has 0 saturated carbocycles. The van der Waals surface area contributed by atoms with Crippen LogP contribution in [0, 0.1) is 0 Å². The Morgan fingerprint density at radius 2 is 1.75 bits per heavy atom. The summed E-state index contributed by atoms with van der Waals surface area (Å²) in [6, 6.07) is 0. The third-order valence-corrected chi connectivity index (χ3v) is 1.84. The molecule has 0 fully saturated rings. The van der Waals surface area contributed by atoms with Crippen molar-refractivity contribution < 1.29 is 9.47 Å². The maximum atomic E-state index is 5.34. The summed E-state index contributed by atoms with van der Waals surface area (Å²) < 4.78 is 10.2. The maximum absolute atomic E-state index is 5.34. The third kappa shape index (κ3) is 9.73. The van der Waals surface area contributed by atoms with Gasteiger partial charge < -0.3 is 20.1 Å². The average Bonchev–Trinajstić information content (AvgIpc) is 2.28. The van der Waals surface area contributed by atoms with E-state index in [9.17, 15) is 0 Å². The first-order valence-electron chi connectivity index (χ1n) is 5.94. The van der Waals surface area contributed by atoms with Crippen LogP contribution in [0.2, 0.25) is 0 Å². The molecular formula is C11H25N3O2. The van der Waals surface area contributed by atoms with Crippen LogP contribution in [0.25, 0.3) is 0 Å². The van der Waals surface area contributed by atoms with E-state index in [0.29, 0.717) is 13.2 Å². The molecule has 0 aliphatic rings. The first-order chi connectivity index (χ1) is 7.85. The van der Waals surface area contributed by atoms with Gasteiger partial charge in [-0.25, -0.2) is 0 Å². The molecule has 0 aromatic heterocycles. The lowest BCUT2D eigenvalue weighted by Crippen LogP contribution is -2.37. The van der Waals surface area contributed by atoms with Crippen molar-refractivity contribution in [2.75, 3.05) is 46.6 Å². The van der Waals surface area contributed by atoms with Crippen molar-refractivity contribution >= 4 is 5.96 Å². The van der Waals surface area contributed by atoms with E-state index in [2.05, 4.69) is 29.5 Å². The Morgan fingerprint density at radius 3 is 2.31 bits per heavy atom. The molecule has 0 unspecified atom stereocenters. The zero-order chi connectivity index (χ0) is 12.1. The van der Waals surface area contributed by atoms with Gasteiger partial charge >= 0.3 is 0 Å². The molecule has 96 valence electrons. The number of guanidine groups is 1. The Morgan fingerprint density at radius 1 is 1.06 bits per heavy atom. The Kier molecular flexibility index (Phi) is 11.6. The molecule has 0 bridgehead atoms. The molecule has 0 saturated heterocycles. The number of nitrogens with one attached hydrogen (secondary N) is 2. The van der Waals surface area contributed by atoms with Crippen molar-refractivity contribution in [1.29, 1.82) is 0 Å². The predicted octanol–water partition coefficient (Wildman–Crippen LogP) is 0.615. The molecule has 0 rings (SSSR count). The van der Waals surface area contributed by atoms with Gasteiger partial charge in [0.25, 0.3) is 0 Å². The van der Waals surface area contributed by atoms with Gasteiger partial charge in [0, 0.05) is 33.4 Å². The molecule has 5 nitrogen and oxygen atoms in total. The minimum absolute atomic E-state index is 0.656. The molecule has 0 aliphatic carbocycles. The summed E-state index contributed by atoms with van der Waals surface area (Å²) in [5, 5.41) is 6.35. The highest BCUT2D eigenvalue weighted by atomic mass is 16.5. The fourth-order valence-electron chi connectivity index (χ4n) is 1.11. The quantitative estimate of drug-likeness (QED) is 0.347. The molecule has 0 heterocycles. The standard InChI is InChI=1S/C11H25N3O2/c1-4-12-11(13-5-2)14-7-6-8-16-10-9-15-3/h4-10H2,1-3H3,(H2,12,13,14). The highest BCUT2D eigenvalue weighted by molar-refractivity contribution is 5.79. The molecule has 5 heteroatoms. The predicted molar refractivity (Wildman–Crippen MR) is 67.0 cm³/mol. The van der Waals surface area contributed by atoms with Crippen LogP contribution in [-0.4, -0.2) is 52.5 Å². The molecular weight excluding hydrogens is 206 g/mol. The van der Waals surface area contributed by atoms with Crippen LogP contribution in [0.15, 0.2) is 4.99 Å². The van der Waals surface area contributed by atoms with Crippen LogP contribution in [0.5, 0.6) is 0 Å². The minimum Gasteiger partial charge on any atom is -0.382 e. The van der Waals surface area contributed by atoms with Crippen LogP contribution < -0.4 is 10.6 Å². The molecule has 0 aliphatic heterocycles. The van der Waals surface area contributed by atoms with Crippen molar-refractivity contribution in [3.63, 3.8) is 0 Å². The van der Waals surface area contributed by atoms with E-state index in [1.165, 1.54) is 0 Å². The van der Waals surface area contributed by atoms with Gasteiger partial charge in [-0.15, -0.1) is 0 Å². The molecule has 0 aromatic rings. The Labute approximate surface area is 98.6 Å². The largest absolute Gasteiger partial charge is 0.382 e. The maximum Gasteiger partial charge on any atom is 0.191 e. The Hall–Kier alpha value is -0.810. The zero-order valence-electron chi connectivity index (χ0n) is 10.7. The number of aliphatic imine (C=N–C) groups is 1. The van der Waals surface area contributed by atoms with Gasteiger partial charge in [0.15, 0.2) is 5.96 Å². The highest BCUT2D eigenvalue weighted by Gasteiger charge is 1.93. The fraction of sp³-hybridized carbons (Fsp3) is 0.909. The van der Waals surface area contributed by atoms with Crippen LogP contribution >= 0.6 is 0 Å². The smallest absolute Gasteiger partial charge is 0.191 e. The number of methoxy groups -OCH3 is 1. The SMILES string of the molecule is CCNC(=NCCCOCCOC)NCC. The van der Waals surface area contributed by atoms with Crippen LogP contribution in [0.1, 0.15) is 20.3 Å². The second-order valence-electron chi connectivity index (χ2n) is 3.25. The van der Waals surface area contributed by atoms with E-state index in [0.717, 1.165) is 38.6 Å². The molecule has 0 spiro atoms. The lowest BCUT2D eigenvalue weighted by molar-refractivity contribution is 0.0702. The molecule has 0 amide bonds. The van der Waals surface area contributed by atoms with Crippen molar-refractivity contribution in [2.24, 2.45) is 4.99 Å². The van der Waals surface area contributed by atoms with Gasteiger partial charge in [-0.05, 0) is 20.3 Å². The van der Waals surface area contributed by atoms with Crippen molar-refractivity contribution in [1.82, 2.24) is 10.6 Å². The van der Waals surface area contributed by atoms with Gasteiger partial charge in [-0.3, -0.25) is 4.99 Å². The van der Waals surface area contributed by atoms with Gasteiger partial charge in [0.05, 0.1) is 13.2 Å². The first-order valence-corrected chi connectivity index (χ1v) is 5.94. The molecule has 2 N–H and O–H groups in total. The number of rotatable bonds is 9. The van der Waals surface area contributed by atoms with E-state index in [1.807, 2.05) is 0 Å². The average molecular weight is 231 g/mol. The number of hydrogen-bond acceptors (Lipinski definition) is 3. The summed E-state index contributed by atoms with van der Waals surface area (Å²) in [5.41, 5.74) is 0. The summed E-state index contributed by atoms with van der Waals surface area (Å²) in [7, 11) is 1.67. The summed E-state index contributed by atoms with van der Waals surface area (Å²) in [6.07, 6.45) is 0.935. The molecule has 16 heavy (non-hydrogen) atoms. The lowest BCUT2D eigenvalue weighted by Gasteiger charge is -2.08. The highest BCUT2D eigenvalue weighted by Crippen LogP contribution is 1.85. The molecule has 0 radical (unpaired) electrons. The second-order valence-corrected chi connectivity index (χ2v) is 3.25. The normalized spacial score (nSPS) is 9.94. The summed E-state index contributed by atoms with van der Waals surface area (Å²) in [5.74, 6) is 0.877. The van der Waals surface area contributed by atoms with Crippen LogP contribution in [-0.2, 0) is 9.47 Å².